The van der Waals surface area contributed by atoms with Crippen LogP contribution in [0.3, 0.4) is 0 Å². The Bertz CT molecular complexity index is 1820. The zero-order chi connectivity index (χ0) is 28.9. The van der Waals surface area contributed by atoms with Crippen molar-refractivity contribution in [3.63, 3.8) is 0 Å². The van der Waals surface area contributed by atoms with Gasteiger partial charge < -0.3 is 15.2 Å². The molecule has 208 valence electrons. The first-order chi connectivity index (χ1) is 19.5. The fraction of sp³-hybridized carbons (Fsp3) is 0.200. The van der Waals surface area contributed by atoms with Crippen LogP contribution in [0.25, 0.3) is 27.3 Å². The number of alkyl halides is 3. The molecule has 3 heterocycles. The molecule has 0 radical (unpaired) electrons. The molecule has 0 atom stereocenters. The number of hydrogen-bond donors (Lipinski definition) is 2. The van der Waals surface area contributed by atoms with Gasteiger partial charge in [-0.2, -0.15) is 13.2 Å². The Kier molecular flexibility index (Phi) is 6.61. The number of fused-ring (bicyclic) bond motifs is 1. The van der Waals surface area contributed by atoms with Crippen molar-refractivity contribution in [2.24, 2.45) is 5.92 Å². The summed E-state index contributed by atoms with van der Waals surface area (Å²) in [6.45, 7) is 3.73. The minimum absolute atomic E-state index is 0.0262. The first-order valence-electron chi connectivity index (χ1n) is 12.9. The van der Waals surface area contributed by atoms with Crippen LogP contribution in [0.2, 0.25) is 0 Å². The molecule has 1 aliphatic rings. The molecule has 1 aliphatic carbocycles. The second-order valence-electron chi connectivity index (χ2n) is 10.1. The van der Waals surface area contributed by atoms with Crippen LogP contribution in [0, 0.1) is 19.8 Å². The Morgan fingerprint density at radius 1 is 0.976 bits per heavy atom. The molecule has 0 aliphatic heterocycles. The number of amides is 2. The third-order valence-corrected chi connectivity index (χ3v) is 7.73. The number of aryl methyl sites for hydroxylation is 2. The van der Waals surface area contributed by atoms with E-state index in [0.717, 1.165) is 36.1 Å². The standard InChI is InChI=1S/C30H24F3N5O2S/c1-16-9-10-38(15-16)22-13-20(30(31,32)33)12-21(14-22)34-27(40)19-4-3-17(2)23(11-19)24-7-8-25-28(35-24)41-29(36-25)37-26(39)18-5-6-18/h3-4,7-15,18H,5-6H2,1-2H3,(H,34,40)(H,36,37,39). The van der Waals surface area contributed by atoms with Gasteiger partial charge in [0.15, 0.2) is 5.13 Å². The lowest BCUT2D eigenvalue weighted by molar-refractivity contribution is -0.137. The summed E-state index contributed by atoms with van der Waals surface area (Å²) in [5.74, 6) is -0.526. The molecule has 2 aromatic carbocycles. The largest absolute Gasteiger partial charge is 0.416 e. The van der Waals surface area contributed by atoms with Gasteiger partial charge in [0, 0.05) is 40.8 Å². The van der Waals surface area contributed by atoms with E-state index in [1.807, 2.05) is 13.8 Å². The Morgan fingerprint density at radius 3 is 2.49 bits per heavy atom. The van der Waals surface area contributed by atoms with Gasteiger partial charge in [0.1, 0.15) is 10.3 Å². The van der Waals surface area contributed by atoms with Crippen LogP contribution in [0.1, 0.15) is 39.9 Å². The molecule has 2 N–H and O–H groups in total. The molecule has 0 spiro atoms. The number of aromatic nitrogens is 3. The van der Waals surface area contributed by atoms with E-state index in [1.165, 1.54) is 17.4 Å². The van der Waals surface area contributed by atoms with E-state index in [4.69, 9.17) is 4.98 Å². The number of thiazole rings is 1. The van der Waals surface area contributed by atoms with Crippen molar-refractivity contribution < 1.29 is 22.8 Å². The zero-order valence-electron chi connectivity index (χ0n) is 22.0. The molecule has 7 nitrogen and oxygen atoms in total. The molecule has 2 amide bonds. The molecule has 6 rings (SSSR count). The van der Waals surface area contributed by atoms with Crippen LogP contribution in [-0.4, -0.2) is 26.3 Å². The van der Waals surface area contributed by atoms with Crippen LogP contribution in [0.15, 0.2) is 67.0 Å². The first-order valence-corrected chi connectivity index (χ1v) is 13.7. The highest BCUT2D eigenvalue weighted by atomic mass is 32.1. The van der Waals surface area contributed by atoms with Crippen molar-refractivity contribution in [2.75, 3.05) is 10.6 Å². The second-order valence-corrected chi connectivity index (χ2v) is 11.1. The average molecular weight is 576 g/mol. The fourth-order valence-electron chi connectivity index (χ4n) is 4.48. The van der Waals surface area contributed by atoms with Crippen LogP contribution < -0.4 is 10.6 Å². The SMILES string of the molecule is Cc1ccn(-c2cc(NC(=O)c3ccc(C)c(-c4ccc5nc(NC(=O)C6CC6)sc5n4)c3)cc(C(F)(F)F)c2)c1. The number of nitrogens with one attached hydrogen (secondary N) is 2. The van der Waals surface area contributed by atoms with E-state index in [-0.39, 0.29) is 28.8 Å². The van der Waals surface area contributed by atoms with Crippen LogP contribution >= 0.6 is 11.3 Å². The van der Waals surface area contributed by atoms with E-state index < -0.39 is 17.6 Å². The minimum Gasteiger partial charge on any atom is -0.324 e. The molecule has 0 saturated heterocycles. The number of pyridine rings is 1. The molecule has 5 aromatic rings. The van der Waals surface area contributed by atoms with E-state index >= 15 is 0 Å². The highest BCUT2D eigenvalue weighted by Gasteiger charge is 2.32. The van der Waals surface area contributed by atoms with E-state index in [2.05, 4.69) is 15.6 Å². The normalized spacial score (nSPS) is 13.4. The topological polar surface area (TPSA) is 88.9 Å². The van der Waals surface area contributed by atoms with Crippen molar-refractivity contribution in [1.82, 2.24) is 14.5 Å². The van der Waals surface area contributed by atoms with Gasteiger partial charge >= 0.3 is 6.18 Å². The second kappa shape index (κ2) is 10.2. The smallest absolute Gasteiger partial charge is 0.324 e. The molecule has 11 heteroatoms. The fourth-order valence-corrected chi connectivity index (χ4v) is 5.32. The molecule has 41 heavy (non-hydrogen) atoms. The van der Waals surface area contributed by atoms with Gasteiger partial charge in [-0.05, 0) is 86.3 Å². The van der Waals surface area contributed by atoms with Gasteiger partial charge in [-0.1, -0.05) is 17.4 Å². The molecule has 1 saturated carbocycles. The maximum absolute atomic E-state index is 13.7. The highest BCUT2D eigenvalue weighted by Crippen LogP contribution is 2.35. The Labute approximate surface area is 237 Å². The number of rotatable bonds is 6. The summed E-state index contributed by atoms with van der Waals surface area (Å²) >= 11 is 1.27. The number of anilines is 2. The quantitative estimate of drug-likeness (QED) is 0.221. The van der Waals surface area contributed by atoms with Crippen molar-refractivity contribution in [3.05, 3.63) is 89.2 Å². The van der Waals surface area contributed by atoms with E-state index in [0.29, 0.717) is 26.7 Å². The summed E-state index contributed by atoms with van der Waals surface area (Å²) in [6.07, 6.45) is 0.578. The lowest BCUT2D eigenvalue weighted by atomic mass is 10.0. The summed E-state index contributed by atoms with van der Waals surface area (Å²) in [7, 11) is 0. The summed E-state index contributed by atoms with van der Waals surface area (Å²) < 4.78 is 42.6. The molecule has 3 aromatic heterocycles. The van der Waals surface area contributed by atoms with Crippen LogP contribution in [0.4, 0.5) is 24.0 Å². The van der Waals surface area contributed by atoms with Crippen LogP contribution in [0.5, 0.6) is 0 Å². The predicted molar refractivity (Wildman–Crippen MR) is 152 cm³/mol. The number of benzene rings is 2. The number of hydrogen-bond acceptors (Lipinski definition) is 5. The molecule has 0 bridgehead atoms. The Morgan fingerprint density at radius 2 is 1.78 bits per heavy atom. The lowest BCUT2D eigenvalue weighted by Gasteiger charge is -2.14. The summed E-state index contributed by atoms with van der Waals surface area (Å²) in [5.41, 5.74) is 3.42. The third kappa shape index (κ3) is 5.71. The zero-order valence-corrected chi connectivity index (χ0v) is 22.9. The van der Waals surface area contributed by atoms with Gasteiger partial charge in [-0.15, -0.1) is 0 Å². The molecule has 1 fully saturated rings. The van der Waals surface area contributed by atoms with Crippen LogP contribution in [-0.2, 0) is 11.0 Å². The maximum atomic E-state index is 13.7. The molecular weight excluding hydrogens is 551 g/mol. The minimum atomic E-state index is -4.59. The number of carbonyl (C=O) groups is 2. The third-order valence-electron chi connectivity index (χ3n) is 6.85. The summed E-state index contributed by atoms with van der Waals surface area (Å²) in [6, 6.07) is 13.9. The lowest BCUT2D eigenvalue weighted by Crippen LogP contribution is -2.14. The number of nitrogens with zero attached hydrogens (tertiary/aromatic N) is 3. The summed E-state index contributed by atoms with van der Waals surface area (Å²) in [5, 5.41) is 5.96. The van der Waals surface area contributed by atoms with Gasteiger partial charge in [0.25, 0.3) is 5.91 Å². The van der Waals surface area contributed by atoms with Crippen molar-refractivity contribution in [2.45, 2.75) is 32.9 Å². The highest BCUT2D eigenvalue weighted by molar-refractivity contribution is 7.22. The maximum Gasteiger partial charge on any atom is 0.416 e. The van der Waals surface area contributed by atoms with Crippen molar-refractivity contribution in [1.29, 1.82) is 0 Å². The van der Waals surface area contributed by atoms with Crippen molar-refractivity contribution >= 4 is 44.3 Å². The van der Waals surface area contributed by atoms with Gasteiger partial charge in [0.05, 0.1) is 11.3 Å². The Balaban J connectivity index is 1.28. The number of carbonyl (C=O) groups excluding carboxylic acids is 2. The monoisotopic (exact) mass is 575 g/mol. The molecule has 0 unspecified atom stereocenters. The van der Waals surface area contributed by atoms with Crippen molar-refractivity contribution in [3.8, 4) is 16.9 Å². The van der Waals surface area contributed by atoms with Gasteiger partial charge in [-0.25, -0.2) is 9.97 Å². The van der Waals surface area contributed by atoms with E-state index in [9.17, 15) is 22.8 Å². The predicted octanol–water partition coefficient (Wildman–Crippen LogP) is 7.39. The Hall–Kier alpha value is -4.51. The molecular formula is C30H24F3N5O2S. The van der Waals surface area contributed by atoms with Gasteiger partial charge in [0.2, 0.25) is 5.91 Å². The first kappa shape index (κ1) is 26.7. The summed E-state index contributed by atoms with van der Waals surface area (Å²) in [4.78, 5) is 35.1. The number of halogens is 3. The van der Waals surface area contributed by atoms with E-state index in [1.54, 1.807) is 53.4 Å². The van der Waals surface area contributed by atoms with Gasteiger partial charge in [-0.3, -0.25) is 9.59 Å². The average Bonchev–Trinajstić information content (AvgIpc) is 3.57.